The van der Waals surface area contributed by atoms with Crippen molar-refractivity contribution in [3.05, 3.63) is 18.2 Å². The van der Waals surface area contributed by atoms with Gasteiger partial charge in [-0.3, -0.25) is 4.72 Å². The summed E-state index contributed by atoms with van der Waals surface area (Å²) in [5, 5.41) is -0.487. The lowest BCUT2D eigenvalue weighted by molar-refractivity contribution is -0.0431. The van der Waals surface area contributed by atoms with Gasteiger partial charge < -0.3 is 9.47 Å². The van der Waals surface area contributed by atoms with Crippen molar-refractivity contribution in [3.63, 3.8) is 0 Å². The van der Waals surface area contributed by atoms with Gasteiger partial charge in [-0.05, 0) is 26.0 Å². The molecule has 0 saturated heterocycles. The largest absolute Gasteiger partial charge is 0.449 e. The highest BCUT2D eigenvalue weighted by Crippen LogP contribution is 2.40. The third-order valence-corrected chi connectivity index (χ3v) is 4.30. The van der Waals surface area contributed by atoms with E-state index in [1.54, 1.807) is 45.9 Å². The summed E-state index contributed by atoms with van der Waals surface area (Å²) in [4.78, 5) is 0. The molecule has 2 rings (SSSR count). The second-order valence-electron chi connectivity index (χ2n) is 4.96. The second kappa shape index (κ2) is 4.05. The molecule has 0 radical (unpaired) electrons. The van der Waals surface area contributed by atoms with Crippen molar-refractivity contribution in [3.8, 4) is 11.5 Å². The average molecular weight is 271 g/mol. The Bertz CT molecular complexity index is 563. The molecule has 0 spiro atoms. The molecule has 0 unspecified atom stereocenters. The first kappa shape index (κ1) is 13.0. The lowest BCUT2D eigenvalue weighted by Gasteiger charge is -2.16. The average Bonchev–Trinajstić information content (AvgIpc) is 2.50. The van der Waals surface area contributed by atoms with Crippen LogP contribution in [0.1, 0.15) is 27.7 Å². The van der Waals surface area contributed by atoms with Crippen molar-refractivity contribution in [1.82, 2.24) is 0 Å². The van der Waals surface area contributed by atoms with Crippen LogP contribution in [0, 0.1) is 0 Å². The fraction of sp³-hybridized carbons (Fsp3) is 0.500. The third-order valence-electron chi connectivity index (χ3n) is 2.54. The van der Waals surface area contributed by atoms with E-state index in [9.17, 15) is 8.42 Å². The lowest BCUT2D eigenvalue weighted by Crippen LogP contribution is -2.29. The molecule has 0 bridgehead atoms. The molecule has 1 heterocycles. The van der Waals surface area contributed by atoms with E-state index in [-0.39, 0.29) is 0 Å². The molecule has 0 atom stereocenters. The number of hydrogen-bond acceptors (Lipinski definition) is 4. The van der Waals surface area contributed by atoms with Crippen molar-refractivity contribution in [2.75, 3.05) is 4.72 Å². The van der Waals surface area contributed by atoms with Crippen LogP contribution in [0.15, 0.2) is 18.2 Å². The number of rotatable bonds is 3. The fourth-order valence-electron chi connectivity index (χ4n) is 1.57. The first-order chi connectivity index (χ1) is 8.20. The first-order valence-corrected chi connectivity index (χ1v) is 7.28. The number of sulfonamides is 1. The minimum Gasteiger partial charge on any atom is -0.449 e. The van der Waals surface area contributed by atoms with Crippen LogP contribution in [0.5, 0.6) is 11.5 Å². The maximum absolute atomic E-state index is 11.7. The van der Waals surface area contributed by atoms with Crippen LogP contribution < -0.4 is 14.2 Å². The molecular formula is C12H17NO4S. The van der Waals surface area contributed by atoms with Crippen molar-refractivity contribution in [2.24, 2.45) is 0 Å². The van der Waals surface area contributed by atoms with Crippen LogP contribution >= 0.6 is 0 Å². The molecule has 1 aliphatic heterocycles. The molecule has 5 nitrogen and oxygen atoms in total. The highest BCUT2D eigenvalue weighted by molar-refractivity contribution is 7.93. The van der Waals surface area contributed by atoms with Gasteiger partial charge in [-0.1, -0.05) is 0 Å². The zero-order valence-corrected chi connectivity index (χ0v) is 11.7. The Labute approximate surface area is 107 Å². The third kappa shape index (κ3) is 2.53. The zero-order chi connectivity index (χ0) is 13.6. The predicted octanol–water partition coefficient (Wildman–Crippen LogP) is 2.34. The molecule has 0 aliphatic carbocycles. The maximum Gasteiger partial charge on any atom is 0.246 e. The zero-order valence-electron chi connectivity index (χ0n) is 10.9. The Balaban J connectivity index is 2.25. The normalized spacial score (nSPS) is 16.9. The van der Waals surface area contributed by atoms with Gasteiger partial charge in [-0.25, -0.2) is 8.42 Å². The van der Waals surface area contributed by atoms with Gasteiger partial charge in [-0.15, -0.1) is 0 Å². The molecule has 1 aromatic rings. The lowest BCUT2D eigenvalue weighted by atomic mass is 10.3. The van der Waals surface area contributed by atoms with Gasteiger partial charge in [0.25, 0.3) is 0 Å². The van der Waals surface area contributed by atoms with Crippen LogP contribution in [-0.2, 0) is 10.0 Å². The summed E-state index contributed by atoms with van der Waals surface area (Å²) in [5.41, 5.74) is 0.476. The summed E-state index contributed by atoms with van der Waals surface area (Å²) in [7, 11) is -3.34. The van der Waals surface area contributed by atoms with E-state index in [1.807, 2.05) is 0 Å². The quantitative estimate of drug-likeness (QED) is 0.916. The predicted molar refractivity (Wildman–Crippen MR) is 69.5 cm³/mol. The van der Waals surface area contributed by atoms with Gasteiger partial charge in [0.05, 0.1) is 10.9 Å². The van der Waals surface area contributed by atoms with E-state index in [0.717, 1.165) is 0 Å². The Morgan fingerprint density at radius 3 is 2.39 bits per heavy atom. The minimum absolute atomic E-state index is 0.476. The number of anilines is 1. The standard InChI is InChI=1S/C12H17NO4S/c1-8(2)18(14,15)13-9-5-6-10-11(7-9)17-12(3,4)16-10/h5-8,13H,1-4H3. The van der Waals surface area contributed by atoms with E-state index in [0.29, 0.717) is 17.2 Å². The molecule has 100 valence electrons. The molecule has 1 N–H and O–H groups in total. The minimum atomic E-state index is -3.34. The summed E-state index contributed by atoms with van der Waals surface area (Å²) in [5.74, 6) is 0.453. The van der Waals surface area contributed by atoms with Crippen LogP contribution in [0.2, 0.25) is 0 Å². The number of fused-ring (bicyclic) bond motifs is 1. The summed E-state index contributed by atoms with van der Waals surface area (Å²) in [6.07, 6.45) is 0. The van der Waals surface area contributed by atoms with Crippen LogP contribution in [0.4, 0.5) is 5.69 Å². The Hall–Kier alpha value is -1.43. The molecule has 1 aliphatic rings. The topological polar surface area (TPSA) is 64.6 Å². The van der Waals surface area contributed by atoms with E-state index < -0.39 is 21.1 Å². The van der Waals surface area contributed by atoms with Gasteiger partial charge in [0.2, 0.25) is 15.8 Å². The molecule has 0 saturated carbocycles. The van der Waals surface area contributed by atoms with Crippen molar-refractivity contribution >= 4 is 15.7 Å². The summed E-state index contributed by atoms with van der Waals surface area (Å²) >= 11 is 0. The highest BCUT2D eigenvalue weighted by Gasteiger charge is 2.31. The van der Waals surface area contributed by atoms with Crippen molar-refractivity contribution < 1.29 is 17.9 Å². The van der Waals surface area contributed by atoms with Crippen molar-refractivity contribution in [2.45, 2.75) is 38.7 Å². The maximum atomic E-state index is 11.7. The van der Waals surface area contributed by atoms with Crippen LogP contribution in [-0.4, -0.2) is 19.5 Å². The van der Waals surface area contributed by atoms with Gasteiger partial charge in [0, 0.05) is 19.9 Å². The Morgan fingerprint density at radius 1 is 1.17 bits per heavy atom. The monoisotopic (exact) mass is 271 g/mol. The van der Waals surface area contributed by atoms with Crippen LogP contribution in [0.25, 0.3) is 0 Å². The first-order valence-electron chi connectivity index (χ1n) is 5.73. The smallest absolute Gasteiger partial charge is 0.246 e. The van der Waals surface area contributed by atoms with Crippen molar-refractivity contribution in [1.29, 1.82) is 0 Å². The summed E-state index contributed by atoms with van der Waals surface area (Å²) in [6, 6.07) is 4.98. The van der Waals surface area contributed by atoms with E-state index in [1.165, 1.54) is 0 Å². The number of benzene rings is 1. The SMILES string of the molecule is CC(C)S(=O)(=O)Nc1ccc2c(c1)OC(C)(C)O2. The number of nitrogens with one attached hydrogen (secondary N) is 1. The van der Waals surface area contributed by atoms with Gasteiger partial charge in [0.15, 0.2) is 11.5 Å². The summed E-state index contributed by atoms with van der Waals surface area (Å²) < 4.78 is 37.1. The number of ether oxygens (including phenoxy) is 2. The second-order valence-corrected chi connectivity index (χ2v) is 7.20. The molecule has 0 amide bonds. The fourth-order valence-corrected chi connectivity index (χ4v) is 2.26. The molecular weight excluding hydrogens is 254 g/mol. The molecule has 18 heavy (non-hydrogen) atoms. The van der Waals surface area contributed by atoms with E-state index >= 15 is 0 Å². The Morgan fingerprint density at radius 2 is 1.78 bits per heavy atom. The van der Waals surface area contributed by atoms with Crippen LogP contribution in [0.3, 0.4) is 0 Å². The summed E-state index contributed by atoms with van der Waals surface area (Å²) in [6.45, 7) is 6.84. The molecule has 0 aromatic heterocycles. The van der Waals surface area contributed by atoms with Gasteiger partial charge in [-0.2, -0.15) is 0 Å². The highest BCUT2D eigenvalue weighted by atomic mass is 32.2. The van der Waals surface area contributed by atoms with Gasteiger partial charge >= 0.3 is 0 Å². The number of hydrogen-bond donors (Lipinski definition) is 1. The van der Waals surface area contributed by atoms with E-state index in [4.69, 9.17) is 9.47 Å². The Kier molecular flexibility index (Phi) is 2.93. The molecule has 6 heteroatoms. The van der Waals surface area contributed by atoms with Gasteiger partial charge in [0.1, 0.15) is 0 Å². The molecule has 1 aromatic carbocycles. The molecule has 0 fully saturated rings. The van der Waals surface area contributed by atoms with E-state index in [2.05, 4.69) is 4.72 Å².